The van der Waals surface area contributed by atoms with Crippen LogP contribution in [-0.4, -0.2) is 41.0 Å². The topological polar surface area (TPSA) is 188 Å². The number of anilines is 1. The highest BCUT2D eigenvalue weighted by Crippen LogP contribution is 2.39. The Balaban J connectivity index is 3.08. The molecule has 1 rings (SSSR count). The van der Waals surface area contributed by atoms with Crippen LogP contribution < -0.4 is 20.9 Å². The molecule has 2 amide bonds. The molecule has 164 valence electrons. The van der Waals surface area contributed by atoms with E-state index in [1.54, 1.807) is 20.8 Å². The fraction of sp³-hybridized carbons (Fsp3) is 0.429. The standard InChI is InChI=1S/C14H20Cl2N4O7S2/c1-14(2,3)27-13(22)19-5-4-9(21)20-12-8(29(18,25)26)6-7(28(17,23)24)10(15)11(12)16/h6H,4-5H2,1-3H3,(H,19,22)(H,20,21)(H2,17,23,24)(H2,18,25,26). The third-order valence-corrected chi connectivity index (χ3v) is 5.88. The summed E-state index contributed by atoms with van der Waals surface area (Å²) in [7, 11) is -8.96. The Morgan fingerprint density at radius 1 is 1.03 bits per heavy atom. The maximum Gasteiger partial charge on any atom is 0.407 e. The third kappa shape index (κ3) is 7.60. The SMILES string of the molecule is CC(C)(C)OC(=O)NCCC(=O)Nc1c(S(N)(=O)=O)cc(S(N)(=O)=O)c(Cl)c1Cl. The predicted octanol–water partition coefficient (Wildman–Crippen LogP) is 1.14. The molecule has 0 saturated carbocycles. The number of amides is 2. The van der Waals surface area contributed by atoms with E-state index >= 15 is 0 Å². The van der Waals surface area contributed by atoms with E-state index < -0.39 is 63.2 Å². The van der Waals surface area contributed by atoms with E-state index in [4.69, 9.17) is 38.2 Å². The lowest BCUT2D eigenvalue weighted by Gasteiger charge is -2.19. The predicted molar refractivity (Wildman–Crippen MR) is 107 cm³/mol. The summed E-state index contributed by atoms with van der Waals surface area (Å²) in [6.07, 6.45) is -1.05. The maximum atomic E-state index is 12.1. The van der Waals surface area contributed by atoms with Gasteiger partial charge in [0.1, 0.15) is 15.4 Å². The average molecular weight is 491 g/mol. The van der Waals surface area contributed by atoms with Gasteiger partial charge in [-0.3, -0.25) is 4.79 Å². The smallest absolute Gasteiger partial charge is 0.407 e. The average Bonchev–Trinajstić information content (AvgIpc) is 2.47. The minimum absolute atomic E-state index is 0.147. The van der Waals surface area contributed by atoms with Crippen molar-refractivity contribution in [2.75, 3.05) is 11.9 Å². The number of hydrogen-bond acceptors (Lipinski definition) is 7. The number of hydrogen-bond donors (Lipinski definition) is 4. The number of nitrogens with two attached hydrogens (primary N) is 2. The normalized spacial score (nSPS) is 12.4. The molecule has 0 heterocycles. The number of rotatable bonds is 6. The van der Waals surface area contributed by atoms with E-state index in [1.165, 1.54) is 0 Å². The molecule has 0 unspecified atom stereocenters. The second-order valence-corrected chi connectivity index (χ2v) is 10.5. The Morgan fingerprint density at radius 3 is 2.00 bits per heavy atom. The molecule has 0 aliphatic carbocycles. The minimum atomic E-state index is -4.52. The fourth-order valence-corrected chi connectivity index (χ4v) is 4.19. The summed E-state index contributed by atoms with van der Waals surface area (Å²) in [6.45, 7) is 4.83. The van der Waals surface area contributed by atoms with Crippen LogP contribution in [0.5, 0.6) is 0 Å². The van der Waals surface area contributed by atoms with Crippen molar-refractivity contribution in [1.82, 2.24) is 5.32 Å². The lowest BCUT2D eigenvalue weighted by atomic mass is 10.2. The molecule has 11 nitrogen and oxygen atoms in total. The molecule has 0 fully saturated rings. The summed E-state index contributed by atoms with van der Waals surface area (Å²) >= 11 is 11.8. The molecule has 0 aromatic heterocycles. The molecule has 1 aromatic rings. The largest absolute Gasteiger partial charge is 0.444 e. The van der Waals surface area contributed by atoms with E-state index in [2.05, 4.69) is 10.6 Å². The summed E-state index contributed by atoms with van der Waals surface area (Å²) in [5.41, 5.74) is -1.25. The van der Waals surface area contributed by atoms with Crippen LogP contribution in [0, 0.1) is 0 Å². The minimum Gasteiger partial charge on any atom is -0.444 e. The number of carbonyl (C=O) groups excluding carboxylic acids is 2. The molecular formula is C14H20Cl2N4O7S2. The first-order chi connectivity index (χ1) is 12.9. The highest BCUT2D eigenvalue weighted by molar-refractivity contribution is 7.90. The Labute approximate surface area is 178 Å². The number of carbonyl (C=O) groups is 2. The van der Waals surface area contributed by atoms with Crippen molar-refractivity contribution in [2.45, 2.75) is 42.6 Å². The van der Waals surface area contributed by atoms with Crippen molar-refractivity contribution >= 4 is 60.9 Å². The van der Waals surface area contributed by atoms with E-state index in [9.17, 15) is 26.4 Å². The van der Waals surface area contributed by atoms with Crippen LogP contribution in [0.3, 0.4) is 0 Å². The van der Waals surface area contributed by atoms with Crippen molar-refractivity contribution in [3.05, 3.63) is 16.1 Å². The van der Waals surface area contributed by atoms with Crippen LogP contribution in [0.1, 0.15) is 27.2 Å². The van der Waals surface area contributed by atoms with Crippen LogP contribution in [0.25, 0.3) is 0 Å². The van der Waals surface area contributed by atoms with Gasteiger partial charge in [-0.25, -0.2) is 31.9 Å². The number of ether oxygens (including phenoxy) is 1. The molecule has 29 heavy (non-hydrogen) atoms. The van der Waals surface area contributed by atoms with Gasteiger partial charge in [0.15, 0.2) is 0 Å². The second-order valence-electron chi connectivity index (χ2n) is 6.69. The summed E-state index contributed by atoms with van der Waals surface area (Å²) in [5, 5.41) is 13.4. The van der Waals surface area contributed by atoms with Gasteiger partial charge >= 0.3 is 6.09 Å². The van der Waals surface area contributed by atoms with Crippen LogP contribution in [0.4, 0.5) is 10.5 Å². The van der Waals surface area contributed by atoms with Crippen LogP contribution in [0.2, 0.25) is 10.0 Å². The number of primary sulfonamides is 2. The third-order valence-electron chi connectivity index (χ3n) is 3.03. The molecule has 0 spiro atoms. The van der Waals surface area contributed by atoms with Gasteiger partial charge in [-0.15, -0.1) is 0 Å². The van der Waals surface area contributed by atoms with Gasteiger partial charge in [0.05, 0.1) is 15.7 Å². The number of alkyl carbamates (subject to hydrolysis) is 1. The Hall–Kier alpha value is -1.64. The molecule has 0 aliphatic rings. The first-order valence-electron chi connectivity index (χ1n) is 7.78. The van der Waals surface area contributed by atoms with E-state index in [0.717, 1.165) is 0 Å². The molecule has 0 saturated heterocycles. The fourth-order valence-electron chi connectivity index (χ4n) is 1.92. The van der Waals surface area contributed by atoms with Gasteiger partial charge in [0.2, 0.25) is 26.0 Å². The molecule has 6 N–H and O–H groups in total. The van der Waals surface area contributed by atoms with E-state index in [-0.39, 0.29) is 13.0 Å². The first kappa shape index (κ1) is 25.4. The molecular weight excluding hydrogens is 471 g/mol. The molecule has 0 atom stereocenters. The van der Waals surface area contributed by atoms with Gasteiger partial charge in [0.25, 0.3) is 0 Å². The van der Waals surface area contributed by atoms with Gasteiger partial charge in [0, 0.05) is 13.0 Å². The summed E-state index contributed by atoms with van der Waals surface area (Å²) < 4.78 is 51.8. The maximum absolute atomic E-state index is 12.1. The molecule has 15 heteroatoms. The van der Waals surface area contributed by atoms with E-state index in [0.29, 0.717) is 6.07 Å². The first-order valence-corrected chi connectivity index (χ1v) is 11.6. The van der Waals surface area contributed by atoms with Crippen LogP contribution in [0.15, 0.2) is 15.9 Å². The van der Waals surface area contributed by atoms with Crippen molar-refractivity contribution in [2.24, 2.45) is 10.3 Å². The number of halogens is 2. The van der Waals surface area contributed by atoms with Crippen molar-refractivity contribution in [1.29, 1.82) is 0 Å². The van der Waals surface area contributed by atoms with Crippen molar-refractivity contribution in [3.63, 3.8) is 0 Å². The number of benzene rings is 1. The van der Waals surface area contributed by atoms with Crippen LogP contribution >= 0.6 is 23.2 Å². The van der Waals surface area contributed by atoms with Gasteiger partial charge < -0.3 is 15.4 Å². The zero-order chi connectivity index (χ0) is 22.8. The number of nitrogens with one attached hydrogen (secondary N) is 2. The number of sulfonamides is 2. The van der Waals surface area contributed by atoms with E-state index in [1.807, 2.05) is 0 Å². The molecule has 0 bridgehead atoms. The molecule has 0 aliphatic heterocycles. The lowest BCUT2D eigenvalue weighted by Crippen LogP contribution is -2.34. The summed E-state index contributed by atoms with van der Waals surface area (Å²) in [4.78, 5) is 22.1. The van der Waals surface area contributed by atoms with Gasteiger partial charge in [-0.05, 0) is 26.8 Å². The lowest BCUT2D eigenvalue weighted by molar-refractivity contribution is -0.116. The Morgan fingerprint density at radius 2 is 1.55 bits per heavy atom. The van der Waals surface area contributed by atoms with Crippen molar-refractivity contribution < 1.29 is 31.2 Å². The second kappa shape index (κ2) is 9.02. The summed E-state index contributed by atoms with van der Waals surface area (Å²) in [5.74, 6) is -0.771. The Bertz CT molecular complexity index is 1040. The van der Waals surface area contributed by atoms with Crippen LogP contribution in [-0.2, 0) is 29.6 Å². The van der Waals surface area contributed by atoms with Gasteiger partial charge in [-0.2, -0.15) is 0 Å². The Kier molecular flexibility index (Phi) is 7.90. The monoisotopic (exact) mass is 490 g/mol. The highest BCUT2D eigenvalue weighted by Gasteiger charge is 2.27. The quantitative estimate of drug-likeness (QED) is 0.459. The molecule has 0 radical (unpaired) electrons. The van der Waals surface area contributed by atoms with Crippen molar-refractivity contribution in [3.8, 4) is 0 Å². The van der Waals surface area contributed by atoms with Gasteiger partial charge in [-0.1, -0.05) is 23.2 Å². The summed E-state index contributed by atoms with van der Waals surface area (Å²) in [6, 6.07) is 0.591. The highest BCUT2D eigenvalue weighted by atomic mass is 35.5. The zero-order valence-corrected chi connectivity index (χ0v) is 18.7. The zero-order valence-electron chi connectivity index (χ0n) is 15.6. The molecule has 1 aromatic carbocycles.